The second-order valence-corrected chi connectivity index (χ2v) is 6.73. The van der Waals surface area contributed by atoms with Crippen molar-refractivity contribution in [1.29, 1.82) is 0 Å². The summed E-state index contributed by atoms with van der Waals surface area (Å²) in [5.41, 5.74) is 12.1. The molecule has 2 aromatic carbocycles. The molecule has 2 rings (SSSR count). The molecule has 0 aromatic heterocycles. The highest BCUT2D eigenvalue weighted by molar-refractivity contribution is 9.10. The number of benzene rings is 2. The van der Waals surface area contributed by atoms with Crippen molar-refractivity contribution in [2.24, 2.45) is 5.73 Å². The van der Waals surface area contributed by atoms with E-state index in [2.05, 4.69) is 78.1 Å². The zero-order valence-electron chi connectivity index (χ0n) is 13.2. The maximum Gasteiger partial charge on any atom is 0.0552 e. The van der Waals surface area contributed by atoms with Gasteiger partial charge in [0.1, 0.15) is 0 Å². The molecule has 2 N–H and O–H groups in total. The van der Waals surface area contributed by atoms with Crippen molar-refractivity contribution < 1.29 is 0 Å². The van der Waals surface area contributed by atoms with Gasteiger partial charge in [-0.1, -0.05) is 12.1 Å². The molecule has 0 aliphatic carbocycles. The smallest absolute Gasteiger partial charge is 0.0552 e. The third-order valence-electron chi connectivity index (χ3n) is 3.52. The molecule has 0 saturated carbocycles. The van der Waals surface area contributed by atoms with E-state index in [1.54, 1.807) is 0 Å². The van der Waals surface area contributed by atoms with Crippen molar-refractivity contribution in [3.8, 4) is 0 Å². The van der Waals surface area contributed by atoms with E-state index in [-0.39, 0.29) is 6.04 Å². The van der Waals surface area contributed by atoms with Crippen molar-refractivity contribution in [3.05, 3.63) is 57.6 Å². The highest BCUT2D eigenvalue weighted by Crippen LogP contribution is 2.32. The predicted octanol–water partition coefficient (Wildman–Crippen LogP) is 4.72. The summed E-state index contributed by atoms with van der Waals surface area (Å²) in [7, 11) is 2.10. The van der Waals surface area contributed by atoms with E-state index in [9.17, 15) is 0 Å². The van der Waals surface area contributed by atoms with Gasteiger partial charge in [0.05, 0.1) is 5.69 Å². The van der Waals surface area contributed by atoms with Crippen molar-refractivity contribution >= 4 is 27.3 Å². The van der Waals surface area contributed by atoms with Crippen LogP contribution in [-0.4, -0.2) is 13.1 Å². The van der Waals surface area contributed by atoms with Crippen LogP contribution in [0.2, 0.25) is 0 Å². The van der Waals surface area contributed by atoms with E-state index in [1.807, 2.05) is 6.92 Å². The summed E-state index contributed by atoms with van der Waals surface area (Å²) in [4.78, 5) is 2.21. The number of rotatable bonds is 4. The van der Waals surface area contributed by atoms with Crippen LogP contribution >= 0.6 is 15.9 Å². The Balaban J connectivity index is 2.32. The summed E-state index contributed by atoms with van der Waals surface area (Å²) in [5, 5.41) is 0. The largest absolute Gasteiger partial charge is 0.344 e. The van der Waals surface area contributed by atoms with E-state index in [1.165, 1.54) is 22.4 Å². The Bertz CT molecular complexity index is 615. The van der Waals surface area contributed by atoms with Gasteiger partial charge in [0.2, 0.25) is 0 Å². The molecule has 0 amide bonds. The van der Waals surface area contributed by atoms with Crippen LogP contribution in [0.1, 0.15) is 23.6 Å². The van der Waals surface area contributed by atoms with Gasteiger partial charge in [-0.15, -0.1) is 0 Å². The number of nitrogens with two attached hydrogens (primary N) is 1. The molecule has 21 heavy (non-hydrogen) atoms. The zero-order chi connectivity index (χ0) is 15.6. The fraction of sp³-hybridized carbons (Fsp3) is 0.333. The summed E-state index contributed by atoms with van der Waals surface area (Å²) in [6.07, 6.45) is 0.895. The monoisotopic (exact) mass is 346 g/mol. The van der Waals surface area contributed by atoms with Gasteiger partial charge in [-0.3, -0.25) is 0 Å². The number of halogens is 1. The highest BCUT2D eigenvalue weighted by Gasteiger charge is 2.10. The van der Waals surface area contributed by atoms with Crippen LogP contribution in [0.15, 0.2) is 40.9 Å². The molecular weight excluding hydrogens is 324 g/mol. The first-order valence-electron chi connectivity index (χ1n) is 7.23. The number of hydrogen-bond donors (Lipinski definition) is 1. The number of anilines is 2. The minimum absolute atomic E-state index is 0.180. The molecule has 0 spiro atoms. The molecule has 0 radical (unpaired) electrons. The molecule has 0 aliphatic heterocycles. The lowest BCUT2D eigenvalue weighted by atomic mass is 10.1. The lowest BCUT2D eigenvalue weighted by molar-refractivity contribution is 0.738. The van der Waals surface area contributed by atoms with Crippen LogP contribution < -0.4 is 10.6 Å². The third-order valence-corrected chi connectivity index (χ3v) is 4.16. The van der Waals surface area contributed by atoms with E-state index >= 15 is 0 Å². The maximum atomic E-state index is 5.87. The Hall–Kier alpha value is -1.32. The SMILES string of the molecule is Cc1cc(C)cc(N(C)c2ccc(CC(C)N)cc2Br)c1. The summed E-state index contributed by atoms with van der Waals surface area (Å²) in [5.74, 6) is 0. The van der Waals surface area contributed by atoms with Gasteiger partial charge in [-0.2, -0.15) is 0 Å². The predicted molar refractivity (Wildman–Crippen MR) is 95.5 cm³/mol. The summed E-state index contributed by atoms with van der Waals surface area (Å²) < 4.78 is 1.10. The molecule has 0 fully saturated rings. The lowest BCUT2D eigenvalue weighted by Crippen LogP contribution is -2.18. The molecule has 2 nitrogen and oxygen atoms in total. The van der Waals surface area contributed by atoms with Gasteiger partial charge in [0.15, 0.2) is 0 Å². The first kappa shape index (κ1) is 16.1. The fourth-order valence-electron chi connectivity index (χ4n) is 2.60. The van der Waals surface area contributed by atoms with Gasteiger partial charge in [-0.25, -0.2) is 0 Å². The quantitative estimate of drug-likeness (QED) is 0.867. The molecule has 112 valence electrons. The average Bonchev–Trinajstić information content (AvgIpc) is 2.36. The second-order valence-electron chi connectivity index (χ2n) is 5.87. The summed E-state index contributed by atoms with van der Waals surface area (Å²) in [6.45, 7) is 6.29. The van der Waals surface area contributed by atoms with Crippen LogP contribution in [-0.2, 0) is 6.42 Å². The standard InChI is InChI=1S/C18H23BrN2/c1-12-7-13(2)9-16(8-12)21(4)18-6-5-15(10-14(3)20)11-17(18)19/h5-9,11,14H,10,20H2,1-4H3. The first-order valence-corrected chi connectivity index (χ1v) is 8.02. The lowest BCUT2D eigenvalue weighted by Gasteiger charge is -2.22. The van der Waals surface area contributed by atoms with Gasteiger partial charge in [0.25, 0.3) is 0 Å². The van der Waals surface area contributed by atoms with Crippen LogP contribution in [0.25, 0.3) is 0 Å². The molecule has 3 heteroatoms. The Morgan fingerprint density at radius 2 is 1.71 bits per heavy atom. The Morgan fingerprint density at radius 1 is 1.10 bits per heavy atom. The minimum Gasteiger partial charge on any atom is -0.344 e. The average molecular weight is 347 g/mol. The van der Waals surface area contributed by atoms with Crippen molar-refractivity contribution in [3.63, 3.8) is 0 Å². The number of nitrogens with zero attached hydrogens (tertiary/aromatic N) is 1. The van der Waals surface area contributed by atoms with Crippen LogP contribution in [0, 0.1) is 13.8 Å². The molecule has 0 saturated heterocycles. The Morgan fingerprint density at radius 3 is 2.24 bits per heavy atom. The fourth-order valence-corrected chi connectivity index (χ4v) is 3.30. The third kappa shape index (κ3) is 4.08. The normalized spacial score (nSPS) is 12.3. The van der Waals surface area contributed by atoms with Crippen molar-refractivity contribution in [2.75, 3.05) is 11.9 Å². The van der Waals surface area contributed by atoms with Crippen molar-refractivity contribution in [2.45, 2.75) is 33.2 Å². The van der Waals surface area contributed by atoms with E-state index in [4.69, 9.17) is 5.73 Å². The Labute approximate surface area is 136 Å². The van der Waals surface area contributed by atoms with Gasteiger partial charge in [0, 0.05) is 23.2 Å². The molecule has 0 bridgehead atoms. The topological polar surface area (TPSA) is 29.3 Å². The van der Waals surface area contributed by atoms with Crippen molar-refractivity contribution in [1.82, 2.24) is 0 Å². The molecule has 0 aliphatic rings. The highest BCUT2D eigenvalue weighted by atomic mass is 79.9. The molecular formula is C18H23BrN2. The molecule has 0 heterocycles. The summed E-state index contributed by atoms with van der Waals surface area (Å²) >= 11 is 3.69. The first-order chi connectivity index (χ1) is 9.86. The molecule has 1 atom stereocenters. The van der Waals surface area contributed by atoms with E-state index in [0.29, 0.717) is 0 Å². The number of hydrogen-bond acceptors (Lipinski definition) is 2. The van der Waals surface area contributed by atoms with Gasteiger partial charge < -0.3 is 10.6 Å². The second kappa shape index (κ2) is 6.63. The van der Waals surface area contributed by atoms with Gasteiger partial charge in [-0.05, 0) is 84.1 Å². The van der Waals surface area contributed by atoms with Crippen LogP contribution in [0.5, 0.6) is 0 Å². The van der Waals surface area contributed by atoms with E-state index in [0.717, 1.165) is 16.6 Å². The van der Waals surface area contributed by atoms with Crippen LogP contribution in [0.3, 0.4) is 0 Å². The summed E-state index contributed by atoms with van der Waals surface area (Å²) in [6, 6.07) is 13.3. The number of aryl methyl sites for hydroxylation is 2. The Kier molecular flexibility index (Phi) is 5.07. The maximum absolute atomic E-state index is 5.87. The zero-order valence-corrected chi connectivity index (χ0v) is 14.7. The minimum atomic E-state index is 0.180. The van der Waals surface area contributed by atoms with Gasteiger partial charge >= 0.3 is 0 Å². The molecule has 1 unspecified atom stereocenters. The molecule has 2 aromatic rings. The van der Waals surface area contributed by atoms with Crippen LogP contribution in [0.4, 0.5) is 11.4 Å². The van der Waals surface area contributed by atoms with E-state index < -0.39 is 0 Å².